The predicted molar refractivity (Wildman–Crippen MR) is 138 cm³/mol. The van der Waals surface area contributed by atoms with Crippen LogP contribution in [0.2, 0.25) is 0 Å². The first-order valence-corrected chi connectivity index (χ1v) is 12.3. The lowest BCUT2D eigenvalue weighted by Crippen LogP contribution is -2.58. The summed E-state index contributed by atoms with van der Waals surface area (Å²) >= 11 is 0. The number of methoxy groups -OCH3 is 1. The second-order valence-corrected chi connectivity index (χ2v) is 10.5. The van der Waals surface area contributed by atoms with Gasteiger partial charge in [-0.05, 0) is 54.9 Å². The van der Waals surface area contributed by atoms with Crippen molar-refractivity contribution in [1.82, 2.24) is 14.7 Å². The fourth-order valence-corrected chi connectivity index (χ4v) is 5.61. The Kier molecular flexibility index (Phi) is 5.76. The Labute approximate surface area is 206 Å². The van der Waals surface area contributed by atoms with Crippen molar-refractivity contribution in [2.45, 2.75) is 39.5 Å². The Morgan fingerprint density at radius 3 is 2.69 bits per heavy atom. The van der Waals surface area contributed by atoms with Crippen molar-refractivity contribution in [3.8, 4) is 5.75 Å². The molecule has 8 nitrogen and oxygen atoms in total. The number of rotatable bonds is 6. The summed E-state index contributed by atoms with van der Waals surface area (Å²) in [5.74, 6) is 1.22. The van der Waals surface area contributed by atoms with Crippen LogP contribution in [0.1, 0.15) is 32.8 Å². The molecule has 3 aliphatic rings. The van der Waals surface area contributed by atoms with Gasteiger partial charge in [-0.15, -0.1) is 0 Å². The molecular formula is C27H35N5O3. The molecule has 2 heterocycles. The second-order valence-electron chi connectivity index (χ2n) is 10.5. The minimum Gasteiger partial charge on any atom is -0.495 e. The lowest BCUT2D eigenvalue weighted by atomic mass is 9.87. The van der Waals surface area contributed by atoms with Crippen molar-refractivity contribution < 1.29 is 9.84 Å². The third-order valence-corrected chi connectivity index (χ3v) is 7.97. The molecule has 0 radical (unpaired) electrons. The molecular weight excluding hydrogens is 442 g/mol. The lowest BCUT2D eigenvalue weighted by molar-refractivity contribution is -0.110. The van der Waals surface area contributed by atoms with E-state index < -0.39 is 5.72 Å². The van der Waals surface area contributed by atoms with Gasteiger partial charge in [0, 0.05) is 31.7 Å². The van der Waals surface area contributed by atoms with Crippen molar-refractivity contribution in [2.24, 2.45) is 11.3 Å². The van der Waals surface area contributed by atoms with Gasteiger partial charge < -0.3 is 20.5 Å². The van der Waals surface area contributed by atoms with Crippen LogP contribution in [0, 0.1) is 11.3 Å². The summed E-state index contributed by atoms with van der Waals surface area (Å²) < 4.78 is 6.80. The van der Waals surface area contributed by atoms with Gasteiger partial charge >= 0.3 is 0 Å². The molecule has 5 rings (SSSR count). The number of benzene rings is 1. The molecule has 35 heavy (non-hydrogen) atoms. The zero-order valence-corrected chi connectivity index (χ0v) is 21.0. The van der Waals surface area contributed by atoms with Gasteiger partial charge in [0.05, 0.1) is 25.5 Å². The van der Waals surface area contributed by atoms with Gasteiger partial charge in [-0.25, -0.2) is 4.68 Å². The second kappa shape index (κ2) is 8.53. The summed E-state index contributed by atoms with van der Waals surface area (Å²) in [5.41, 5.74) is 9.17. The van der Waals surface area contributed by atoms with Crippen LogP contribution in [-0.2, 0) is 6.54 Å². The van der Waals surface area contributed by atoms with E-state index in [4.69, 9.17) is 10.5 Å². The molecule has 3 atom stereocenters. The minimum absolute atomic E-state index is 0.0457. The van der Waals surface area contributed by atoms with E-state index >= 15 is 0 Å². The average molecular weight is 478 g/mol. The fraction of sp³-hybridized carbons (Fsp3) is 0.481. The molecule has 2 aromatic rings. The zero-order valence-electron chi connectivity index (χ0n) is 21.0. The number of nitrogens with zero attached hydrogens (tertiary/aromatic N) is 4. The average Bonchev–Trinajstić information content (AvgIpc) is 3.54. The number of ether oxygens (including phenoxy) is 1. The van der Waals surface area contributed by atoms with Crippen LogP contribution in [0.15, 0.2) is 53.0 Å². The highest BCUT2D eigenvalue weighted by molar-refractivity contribution is 5.82. The normalized spacial score (nSPS) is 25.9. The number of piperazine rings is 1. The highest BCUT2D eigenvalue weighted by Crippen LogP contribution is 2.62. The van der Waals surface area contributed by atoms with Gasteiger partial charge in [0.1, 0.15) is 17.2 Å². The first-order chi connectivity index (χ1) is 16.6. The molecule has 0 spiro atoms. The van der Waals surface area contributed by atoms with E-state index in [1.54, 1.807) is 20.2 Å². The standard InChI is InChI=1S/C27H35N5O3/c1-18-9-10-26(2)15-20(26)23(18)19-16-29-32(25(33)24(19)28)17-27(3,34)31-13-11-30(12-14-31)21-7-5-6-8-22(21)35-4/h5-10,16,20,34H,11-15,17,28H2,1-4H3. The number of fused-ring (bicyclic) bond motifs is 1. The van der Waals surface area contributed by atoms with E-state index in [0.29, 0.717) is 19.0 Å². The van der Waals surface area contributed by atoms with Gasteiger partial charge in [0.15, 0.2) is 0 Å². The third-order valence-electron chi connectivity index (χ3n) is 7.97. The van der Waals surface area contributed by atoms with E-state index in [2.05, 4.69) is 36.0 Å². The molecule has 1 aliphatic heterocycles. The number of nitrogens with two attached hydrogens (primary N) is 1. The maximum absolute atomic E-state index is 13.2. The summed E-state index contributed by atoms with van der Waals surface area (Å²) in [6.45, 7) is 8.84. The maximum atomic E-state index is 13.2. The summed E-state index contributed by atoms with van der Waals surface area (Å²) in [6.07, 6.45) is 7.14. The molecule has 3 unspecified atom stereocenters. The fourth-order valence-electron chi connectivity index (χ4n) is 5.61. The number of aliphatic hydroxyl groups is 1. The van der Waals surface area contributed by atoms with E-state index in [1.165, 1.54) is 4.68 Å². The van der Waals surface area contributed by atoms with Gasteiger partial charge in [0.2, 0.25) is 0 Å². The van der Waals surface area contributed by atoms with E-state index in [0.717, 1.165) is 47.7 Å². The van der Waals surface area contributed by atoms with Crippen molar-refractivity contribution >= 4 is 16.9 Å². The third kappa shape index (κ3) is 4.15. The molecule has 186 valence electrons. The first kappa shape index (κ1) is 23.6. The van der Waals surface area contributed by atoms with E-state index in [-0.39, 0.29) is 23.2 Å². The monoisotopic (exact) mass is 477 g/mol. The number of para-hydroxylation sites is 2. The Balaban J connectivity index is 1.31. The predicted octanol–water partition coefficient (Wildman–Crippen LogP) is 2.73. The van der Waals surface area contributed by atoms with Gasteiger partial charge in [-0.2, -0.15) is 5.10 Å². The number of allylic oxidation sites excluding steroid dienone is 4. The van der Waals surface area contributed by atoms with Crippen LogP contribution in [-0.4, -0.2) is 58.8 Å². The van der Waals surface area contributed by atoms with Crippen LogP contribution in [0.5, 0.6) is 5.75 Å². The number of aromatic nitrogens is 2. The smallest absolute Gasteiger partial charge is 0.290 e. The number of nitrogen functional groups attached to an aromatic ring is 1. The number of hydrogen-bond donors (Lipinski definition) is 2. The molecule has 1 saturated carbocycles. The quantitative estimate of drug-likeness (QED) is 0.660. The van der Waals surface area contributed by atoms with Crippen LogP contribution < -0.4 is 20.9 Å². The topological polar surface area (TPSA) is 96.8 Å². The lowest BCUT2D eigenvalue weighted by Gasteiger charge is -2.43. The Hall–Kier alpha value is -3.10. The molecule has 1 aromatic heterocycles. The zero-order chi connectivity index (χ0) is 25.0. The molecule has 2 fully saturated rings. The van der Waals surface area contributed by atoms with E-state index in [1.807, 2.05) is 29.2 Å². The van der Waals surface area contributed by atoms with Crippen molar-refractivity contribution in [2.75, 3.05) is 43.9 Å². The van der Waals surface area contributed by atoms with Crippen LogP contribution >= 0.6 is 0 Å². The highest BCUT2D eigenvalue weighted by atomic mass is 16.5. The van der Waals surface area contributed by atoms with E-state index in [9.17, 15) is 9.90 Å². The Bertz CT molecular complexity index is 1260. The molecule has 2 aliphatic carbocycles. The number of hydrogen-bond acceptors (Lipinski definition) is 7. The Morgan fingerprint density at radius 1 is 1.26 bits per heavy atom. The summed E-state index contributed by atoms with van der Waals surface area (Å²) in [7, 11) is 1.67. The molecule has 0 amide bonds. The molecule has 0 bridgehead atoms. The summed E-state index contributed by atoms with van der Waals surface area (Å²) in [4.78, 5) is 17.4. The molecule has 1 saturated heterocycles. The maximum Gasteiger partial charge on any atom is 0.290 e. The highest BCUT2D eigenvalue weighted by Gasteiger charge is 2.52. The van der Waals surface area contributed by atoms with Gasteiger partial charge in [-0.1, -0.05) is 31.2 Å². The van der Waals surface area contributed by atoms with Crippen molar-refractivity contribution in [3.63, 3.8) is 0 Å². The van der Waals surface area contributed by atoms with Gasteiger partial charge in [0.25, 0.3) is 5.56 Å². The van der Waals surface area contributed by atoms with Crippen LogP contribution in [0.4, 0.5) is 11.4 Å². The molecule has 8 heteroatoms. The molecule has 1 aromatic carbocycles. The van der Waals surface area contributed by atoms with Crippen LogP contribution in [0.25, 0.3) is 5.57 Å². The minimum atomic E-state index is -1.24. The van der Waals surface area contributed by atoms with Crippen molar-refractivity contribution in [3.05, 3.63) is 64.1 Å². The summed E-state index contributed by atoms with van der Waals surface area (Å²) in [6, 6.07) is 7.95. The molecule has 3 N–H and O–H groups in total. The van der Waals surface area contributed by atoms with Crippen LogP contribution in [0.3, 0.4) is 0 Å². The first-order valence-electron chi connectivity index (χ1n) is 12.3. The SMILES string of the molecule is COc1ccccc1N1CCN(C(C)(O)Cn2ncc(C3=C(C)C=CC4(C)CC34)c(N)c2=O)CC1. The number of anilines is 2. The van der Waals surface area contributed by atoms with Gasteiger partial charge in [-0.3, -0.25) is 9.69 Å². The largest absolute Gasteiger partial charge is 0.495 e. The Morgan fingerprint density at radius 2 is 1.97 bits per heavy atom. The summed E-state index contributed by atoms with van der Waals surface area (Å²) in [5, 5.41) is 15.8. The van der Waals surface area contributed by atoms with Crippen molar-refractivity contribution in [1.29, 1.82) is 0 Å².